The number of para-hydroxylation sites is 1. The van der Waals surface area contributed by atoms with Crippen molar-refractivity contribution in [3.8, 4) is 0 Å². The predicted molar refractivity (Wildman–Crippen MR) is 89.3 cm³/mol. The number of fused-ring (bicyclic) bond motifs is 1. The molecule has 4 heteroatoms. The monoisotopic (exact) mass is 301 g/mol. The fraction of sp³-hybridized carbons (Fsp3) is 0.353. The number of aromatic nitrogens is 1. The first-order valence-electron chi connectivity index (χ1n) is 7.33. The van der Waals surface area contributed by atoms with Crippen LogP contribution in [0.4, 0.5) is 11.4 Å². The van der Waals surface area contributed by atoms with E-state index in [0.717, 1.165) is 29.2 Å². The third kappa shape index (κ3) is 2.84. The summed E-state index contributed by atoms with van der Waals surface area (Å²) in [4.78, 5) is 6.63. The van der Waals surface area contributed by atoms with E-state index < -0.39 is 0 Å². The number of hydrogen-bond donors (Lipinski definition) is 1. The van der Waals surface area contributed by atoms with Crippen LogP contribution in [-0.2, 0) is 6.42 Å². The molecule has 0 aliphatic heterocycles. The Morgan fingerprint density at radius 1 is 1.24 bits per heavy atom. The van der Waals surface area contributed by atoms with Crippen LogP contribution in [0.25, 0.3) is 0 Å². The number of hydrogen-bond acceptors (Lipinski definition) is 3. The van der Waals surface area contributed by atoms with Crippen molar-refractivity contribution in [3.63, 3.8) is 0 Å². The average Bonchev–Trinajstić information content (AvgIpc) is 2.47. The van der Waals surface area contributed by atoms with Gasteiger partial charge in [-0.2, -0.15) is 0 Å². The van der Waals surface area contributed by atoms with E-state index in [-0.39, 0.29) is 6.04 Å². The standard InChI is InChI=1S/C17H20ClN3/c1-21(2)17-13(18)8-4-10-15(17)20-14-9-3-6-12-7-5-11-19-16(12)14/h4-5,7-8,10-11,14,20H,3,6,9H2,1-2H3. The first-order chi connectivity index (χ1) is 10.2. The number of rotatable bonds is 3. The summed E-state index contributed by atoms with van der Waals surface area (Å²) in [6.45, 7) is 0. The van der Waals surface area contributed by atoms with Gasteiger partial charge >= 0.3 is 0 Å². The summed E-state index contributed by atoms with van der Waals surface area (Å²) in [7, 11) is 4.03. The van der Waals surface area contributed by atoms with Crippen molar-refractivity contribution in [1.29, 1.82) is 0 Å². The smallest absolute Gasteiger partial charge is 0.0786 e. The molecule has 1 aromatic carbocycles. The number of halogens is 1. The average molecular weight is 302 g/mol. The number of nitrogens with zero attached hydrogens (tertiary/aromatic N) is 2. The van der Waals surface area contributed by atoms with Crippen LogP contribution in [0.1, 0.15) is 30.1 Å². The van der Waals surface area contributed by atoms with Gasteiger partial charge < -0.3 is 10.2 Å². The Labute approximate surface area is 131 Å². The minimum absolute atomic E-state index is 0.257. The molecule has 3 nitrogen and oxygen atoms in total. The van der Waals surface area contributed by atoms with E-state index in [1.807, 2.05) is 43.4 Å². The van der Waals surface area contributed by atoms with Gasteiger partial charge in [-0.15, -0.1) is 0 Å². The summed E-state index contributed by atoms with van der Waals surface area (Å²) in [6.07, 6.45) is 5.29. The van der Waals surface area contributed by atoms with E-state index in [1.165, 1.54) is 17.7 Å². The van der Waals surface area contributed by atoms with Gasteiger partial charge in [0.15, 0.2) is 0 Å². The van der Waals surface area contributed by atoms with Gasteiger partial charge in [-0.05, 0) is 43.0 Å². The fourth-order valence-corrected chi connectivity index (χ4v) is 3.37. The van der Waals surface area contributed by atoms with Gasteiger partial charge in [0.2, 0.25) is 0 Å². The maximum Gasteiger partial charge on any atom is 0.0786 e. The molecule has 21 heavy (non-hydrogen) atoms. The molecule has 0 radical (unpaired) electrons. The lowest BCUT2D eigenvalue weighted by molar-refractivity contribution is 0.583. The van der Waals surface area contributed by atoms with E-state index in [4.69, 9.17) is 11.6 Å². The van der Waals surface area contributed by atoms with Crippen molar-refractivity contribution < 1.29 is 0 Å². The van der Waals surface area contributed by atoms with Crippen LogP contribution < -0.4 is 10.2 Å². The maximum absolute atomic E-state index is 6.35. The molecule has 1 unspecified atom stereocenters. The lowest BCUT2D eigenvalue weighted by Crippen LogP contribution is -2.20. The molecule has 0 amide bonds. The largest absolute Gasteiger partial charge is 0.375 e. The molecule has 2 aromatic rings. The second kappa shape index (κ2) is 5.94. The Kier molecular flexibility index (Phi) is 4.02. The minimum Gasteiger partial charge on any atom is -0.375 e. The highest BCUT2D eigenvalue weighted by molar-refractivity contribution is 6.34. The van der Waals surface area contributed by atoms with Crippen molar-refractivity contribution in [2.75, 3.05) is 24.3 Å². The Bertz CT molecular complexity index is 640. The van der Waals surface area contributed by atoms with Crippen LogP contribution in [0.2, 0.25) is 5.02 Å². The summed E-state index contributed by atoms with van der Waals surface area (Å²) >= 11 is 6.35. The molecule has 0 saturated carbocycles. The van der Waals surface area contributed by atoms with Crippen LogP contribution in [0.3, 0.4) is 0 Å². The van der Waals surface area contributed by atoms with Gasteiger partial charge in [0.05, 0.1) is 28.1 Å². The zero-order chi connectivity index (χ0) is 14.8. The molecule has 1 aromatic heterocycles. The molecule has 1 aliphatic carbocycles. The molecule has 0 bridgehead atoms. The summed E-state index contributed by atoms with van der Waals surface area (Å²) < 4.78 is 0. The number of anilines is 2. The highest BCUT2D eigenvalue weighted by atomic mass is 35.5. The molecule has 110 valence electrons. The normalized spacial score (nSPS) is 17.2. The summed E-state index contributed by atoms with van der Waals surface area (Å²) in [5.41, 5.74) is 4.63. The Balaban J connectivity index is 1.94. The number of aryl methyl sites for hydroxylation is 1. The molecule has 0 spiro atoms. The van der Waals surface area contributed by atoms with E-state index in [0.29, 0.717) is 0 Å². The summed E-state index contributed by atoms with van der Waals surface area (Å²) in [5, 5.41) is 4.41. The molecular formula is C17H20ClN3. The molecule has 1 heterocycles. The van der Waals surface area contributed by atoms with Gasteiger partial charge in [-0.25, -0.2) is 0 Å². The second-order valence-corrected chi connectivity index (χ2v) is 6.07. The van der Waals surface area contributed by atoms with Gasteiger partial charge in [0, 0.05) is 20.3 Å². The van der Waals surface area contributed by atoms with E-state index in [2.05, 4.69) is 22.4 Å². The van der Waals surface area contributed by atoms with Crippen molar-refractivity contribution in [2.24, 2.45) is 0 Å². The van der Waals surface area contributed by atoms with E-state index in [1.54, 1.807) is 0 Å². The zero-order valence-corrected chi connectivity index (χ0v) is 13.2. The molecule has 0 fully saturated rings. The van der Waals surface area contributed by atoms with Gasteiger partial charge in [-0.1, -0.05) is 23.7 Å². The molecule has 1 atom stereocenters. The topological polar surface area (TPSA) is 28.2 Å². The first-order valence-corrected chi connectivity index (χ1v) is 7.71. The van der Waals surface area contributed by atoms with Crippen molar-refractivity contribution in [2.45, 2.75) is 25.3 Å². The van der Waals surface area contributed by atoms with Crippen LogP contribution in [0.5, 0.6) is 0 Å². The predicted octanol–water partition coefficient (Wildman–Crippen LogP) is 4.29. The molecule has 0 saturated heterocycles. The highest BCUT2D eigenvalue weighted by Gasteiger charge is 2.22. The van der Waals surface area contributed by atoms with Crippen LogP contribution >= 0.6 is 11.6 Å². The molecular weight excluding hydrogens is 282 g/mol. The van der Waals surface area contributed by atoms with Crippen molar-refractivity contribution in [3.05, 3.63) is 52.8 Å². The maximum atomic E-state index is 6.35. The Hall–Kier alpha value is -1.74. The Morgan fingerprint density at radius 3 is 2.90 bits per heavy atom. The molecule has 1 N–H and O–H groups in total. The van der Waals surface area contributed by atoms with Crippen LogP contribution in [0.15, 0.2) is 36.5 Å². The number of pyridine rings is 1. The SMILES string of the molecule is CN(C)c1c(Cl)cccc1NC1CCCc2cccnc21. The number of nitrogens with one attached hydrogen (secondary N) is 1. The summed E-state index contributed by atoms with van der Waals surface area (Å²) in [6, 6.07) is 10.5. The molecule has 3 rings (SSSR count). The van der Waals surface area contributed by atoms with Crippen molar-refractivity contribution >= 4 is 23.0 Å². The van der Waals surface area contributed by atoms with E-state index in [9.17, 15) is 0 Å². The van der Waals surface area contributed by atoms with Crippen LogP contribution in [0, 0.1) is 0 Å². The third-order valence-corrected chi connectivity index (χ3v) is 4.26. The number of benzene rings is 1. The van der Waals surface area contributed by atoms with Gasteiger partial charge in [0.1, 0.15) is 0 Å². The Morgan fingerprint density at radius 2 is 2.10 bits per heavy atom. The lowest BCUT2D eigenvalue weighted by atomic mass is 9.91. The van der Waals surface area contributed by atoms with Gasteiger partial charge in [-0.3, -0.25) is 4.98 Å². The molecule has 1 aliphatic rings. The second-order valence-electron chi connectivity index (χ2n) is 5.67. The fourth-order valence-electron chi connectivity index (χ4n) is 3.02. The van der Waals surface area contributed by atoms with Gasteiger partial charge in [0.25, 0.3) is 0 Å². The lowest BCUT2D eigenvalue weighted by Gasteiger charge is -2.28. The van der Waals surface area contributed by atoms with Crippen molar-refractivity contribution in [1.82, 2.24) is 4.98 Å². The zero-order valence-electron chi connectivity index (χ0n) is 12.4. The first kappa shape index (κ1) is 14.2. The third-order valence-electron chi connectivity index (χ3n) is 3.96. The summed E-state index contributed by atoms with van der Waals surface area (Å²) in [5.74, 6) is 0. The van der Waals surface area contributed by atoms with E-state index >= 15 is 0 Å². The quantitative estimate of drug-likeness (QED) is 0.916. The highest BCUT2D eigenvalue weighted by Crippen LogP contribution is 2.37. The van der Waals surface area contributed by atoms with Crippen LogP contribution in [-0.4, -0.2) is 19.1 Å². The minimum atomic E-state index is 0.257.